The highest BCUT2D eigenvalue weighted by molar-refractivity contribution is 7.08. The second-order valence-electron chi connectivity index (χ2n) is 4.38. The molecule has 2 rings (SSSR count). The molecule has 0 fully saturated rings. The van der Waals surface area contributed by atoms with Crippen LogP contribution in [0.3, 0.4) is 0 Å². The minimum Gasteiger partial charge on any atom is -0.492 e. The number of nitrogens with one attached hydrogen (secondary N) is 1. The number of hydrogen-bond donors (Lipinski definition) is 1. The van der Waals surface area contributed by atoms with Crippen LogP contribution in [-0.2, 0) is 4.79 Å². The number of rotatable bonds is 7. The maximum absolute atomic E-state index is 11.6. The average molecular weight is 357 g/mol. The van der Waals surface area contributed by atoms with E-state index >= 15 is 0 Å². The van der Waals surface area contributed by atoms with E-state index in [-0.39, 0.29) is 5.91 Å². The first-order valence-electron chi connectivity index (χ1n) is 6.57. The Kier molecular flexibility index (Phi) is 6.71. The van der Waals surface area contributed by atoms with Crippen LogP contribution >= 0.6 is 34.5 Å². The van der Waals surface area contributed by atoms with Crippen molar-refractivity contribution in [3.05, 3.63) is 50.6 Å². The van der Waals surface area contributed by atoms with E-state index < -0.39 is 0 Å². The lowest BCUT2D eigenvalue weighted by atomic mass is 10.3. The molecule has 2 aromatic rings. The van der Waals surface area contributed by atoms with Gasteiger partial charge in [0.15, 0.2) is 0 Å². The Bertz CT molecular complexity index is 645. The molecule has 7 heteroatoms. The van der Waals surface area contributed by atoms with Crippen LogP contribution in [0.15, 0.2) is 40.1 Å². The van der Waals surface area contributed by atoms with Crippen LogP contribution in [0.1, 0.15) is 18.4 Å². The van der Waals surface area contributed by atoms with E-state index in [4.69, 9.17) is 27.9 Å². The van der Waals surface area contributed by atoms with Gasteiger partial charge in [-0.1, -0.05) is 23.2 Å². The first-order valence-corrected chi connectivity index (χ1v) is 8.27. The molecule has 0 spiro atoms. The van der Waals surface area contributed by atoms with E-state index in [1.54, 1.807) is 35.8 Å². The van der Waals surface area contributed by atoms with Crippen molar-refractivity contribution in [1.82, 2.24) is 5.43 Å². The maximum atomic E-state index is 11.6. The van der Waals surface area contributed by atoms with Crippen molar-refractivity contribution in [1.29, 1.82) is 0 Å². The van der Waals surface area contributed by atoms with Crippen LogP contribution in [0.25, 0.3) is 0 Å². The van der Waals surface area contributed by atoms with E-state index in [0.717, 1.165) is 5.56 Å². The summed E-state index contributed by atoms with van der Waals surface area (Å²) in [6, 6.07) is 6.94. The Morgan fingerprint density at radius 2 is 2.23 bits per heavy atom. The molecule has 0 saturated heterocycles. The molecule has 0 aliphatic rings. The third-order valence-electron chi connectivity index (χ3n) is 2.65. The Morgan fingerprint density at radius 1 is 1.36 bits per heavy atom. The molecule has 0 unspecified atom stereocenters. The number of ether oxygens (including phenoxy) is 1. The summed E-state index contributed by atoms with van der Waals surface area (Å²) in [5.41, 5.74) is 3.44. The molecule has 0 aliphatic carbocycles. The van der Waals surface area contributed by atoms with E-state index in [1.807, 2.05) is 16.8 Å². The molecule has 0 atom stereocenters. The van der Waals surface area contributed by atoms with Gasteiger partial charge in [-0.25, -0.2) is 5.43 Å². The molecule has 0 aliphatic heterocycles. The fourth-order valence-corrected chi connectivity index (χ4v) is 2.66. The predicted molar refractivity (Wildman–Crippen MR) is 91.2 cm³/mol. The molecule has 22 heavy (non-hydrogen) atoms. The van der Waals surface area contributed by atoms with E-state index in [2.05, 4.69) is 10.5 Å². The highest BCUT2D eigenvalue weighted by atomic mass is 35.5. The molecule has 1 aromatic carbocycles. The first kappa shape index (κ1) is 16.8. The van der Waals surface area contributed by atoms with E-state index in [1.165, 1.54) is 0 Å². The Morgan fingerprint density at radius 3 is 2.95 bits per heavy atom. The summed E-state index contributed by atoms with van der Waals surface area (Å²) in [7, 11) is 0. The average Bonchev–Trinajstić information content (AvgIpc) is 2.99. The number of thiophene rings is 1. The van der Waals surface area contributed by atoms with Gasteiger partial charge in [-0.15, -0.1) is 0 Å². The minimum absolute atomic E-state index is 0.155. The van der Waals surface area contributed by atoms with Crippen molar-refractivity contribution in [2.24, 2.45) is 5.10 Å². The lowest BCUT2D eigenvalue weighted by molar-refractivity contribution is -0.121. The van der Waals surface area contributed by atoms with Crippen molar-refractivity contribution >= 4 is 46.7 Å². The van der Waals surface area contributed by atoms with Gasteiger partial charge < -0.3 is 4.74 Å². The van der Waals surface area contributed by atoms with Gasteiger partial charge in [0.1, 0.15) is 5.75 Å². The second-order valence-corrected chi connectivity index (χ2v) is 6.00. The number of halogens is 2. The number of hydrogen-bond acceptors (Lipinski definition) is 4. The monoisotopic (exact) mass is 356 g/mol. The molecule has 0 bridgehead atoms. The summed E-state index contributed by atoms with van der Waals surface area (Å²) in [4.78, 5) is 11.6. The lowest BCUT2D eigenvalue weighted by Gasteiger charge is -2.07. The number of benzene rings is 1. The highest BCUT2D eigenvalue weighted by Crippen LogP contribution is 2.27. The topological polar surface area (TPSA) is 50.7 Å². The van der Waals surface area contributed by atoms with Gasteiger partial charge in [-0.05, 0) is 41.4 Å². The molecule has 0 saturated carbocycles. The first-order chi connectivity index (χ1) is 10.6. The highest BCUT2D eigenvalue weighted by Gasteiger charge is 2.04. The van der Waals surface area contributed by atoms with Gasteiger partial charge in [0.2, 0.25) is 5.91 Å². The maximum Gasteiger partial charge on any atom is 0.240 e. The van der Waals surface area contributed by atoms with Gasteiger partial charge in [0.25, 0.3) is 0 Å². The van der Waals surface area contributed by atoms with Crippen molar-refractivity contribution in [2.75, 3.05) is 6.61 Å². The fraction of sp³-hybridized carbons (Fsp3) is 0.200. The minimum atomic E-state index is -0.155. The van der Waals surface area contributed by atoms with Gasteiger partial charge in [0, 0.05) is 17.0 Å². The lowest BCUT2D eigenvalue weighted by Crippen LogP contribution is -2.18. The predicted octanol–water partition coefficient (Wildman–Crippen LogP) is 4.36. The molecular formula is C15H14Cl2N2O2S. The number of carbonyl (C=O) groups is 1. The molecule has 1 amide bonds. The van der Waals surface area contributed by atoms with Crippen molar-refractivity contribution < 1.29 is 9.53 Å². The van der Waals surface area contributed by atoms with Crippen LogP contribution in [0.2, 0.25) is 10.0 Å². The van der Waals surface area contributed by atoms with Crippen molar-refractivity contribution in [2.45, 2.75) is 12.8 Å². The largest absolute Gasteiger partial charge is 0.492 e. The van der Waals surface area contributed by atoms with E-state index in [0.29, 0.717) is 35.2 Å². The number of amides is 1. The van der Waals surface area contributed by atoms with Crippen LogP contribution < -0.4 is 10.2 Å². The van der Waals surface area contributed by atoms with Gasteiger partial charge >= 0.3 is 0 Å². The fourth-order valence-electron chi connectivity index (χ4n) is 1.59. The normalized spacial score (nSPS) is 10.8. The summed E-state index contributed by atoms with van der Waals surface area (Å²) in [5.74, 6) is 0.402. The standard InChI is InChI=1S/C15H14Cl2N2O2S/c16-12-3-4-14(13(17)8-12)21-6-1-2-15(20)19-18-9-11-5-7-22-10-11/h3-5,7-10H,1-2,6H2,(H,19,20)/b18-9-. The number of nitrogens with zero attached hydrogens (tertiary/aromatic N) is 1. The second kappa shape index (κ2) is 8.78. The van der Waals surface area contributed by atoms with E-state index in [9.17, 15) is 4.79 Å². The Labute approximate surface area is 142 Å². The zero-order valence-electron chi connectivity index (χ0n) is 11.6. The number of hydrazone groups is 1. The molecule has 4 nitrogen and oxygen atoms in total. The molecule has 1 N–H and O–H groups in total. The molecule has 1 aromatic heterocycles. The third-order valence-corrected chi connectivity index (χ3v) is 3.88. The van der Waals surface area contributed by atoms with Gasteiger partial charge in [-0.3, -0.25) is 4.79 Å². The third kappa shape index (κ3) is 5.67. The van der Waals surface area contributed by atoms with Crippen LogP contribution in [0.5, 0.6) is 5.75 Å². The molecular weight excluding hydrogens is 343 g/mol. The zero-order chi connectivity index (χ0) is 15.8. The number of carbonyl (C=O) groups excluding carboxylic acids is 1. The zero-order valence-corrected chi connectivity index (χ0v) is 13.9. The summed E-state index contributed by atoms with van der Waals surface area (Å²) in [6.45, 7) is 0.392. The quantitative estimate of drug-likeness (QED) is 0.455. The van der Waals surface area contributed by atoms with Crippen LogP contribution in [0.4, 0.5) is 0 Å². The smallest absolute Gasteiger partial charge is 0.240 e. The van der Waals surface area contributed by atoms with Crippen LogP contribution in [-0.4, -0.2) is 18.7 Å². The SMILES string of the molecule is O=C(CCCOc1ccc(Cl)cc1Cl)N/N=C\c1ccsc1. The van der Waals surface area contributed by atoms with Crippen molar-refractivity contribution in [3.63, 3.8) is 0 Å². The Balaban J connectivity index is 1.64. The summed E-state index contributed by atoms with van der Waals surface area (Å²) in [5, 5.41) is 8.78. The molecule has 0 radical (unpaired) electrons. The Hall–Kier alpha value is -1.56. The van der Waals surface area contributed by atoms with Gasteiger partial charge in [-0.2, -0.15) is 16.4 Å². The molecule has 116 valence electrons. The summed E-state index contributed by atoms with van der Waals surface area (Å²) < 4.78 is 5.50. The summed E-state index contributed by atoms with van der Waals surface area (Å²) >= 11 is 13.4. The summed E-state index contributed by atoms with van der Waals surface area (Å²) in [6.07, 6.45) is 2.50. The van der Waals surface area contributed by atoms with Crippen molar-refractivity contribution in [3.8, 4) is 5.75 Å². The molecule has 1 heterocycles. The van der Waals surface area contributed by atoms with Gasteiger partial charge in [0.05, 0.1) is 17.8 Å². The van der Waals surface area contributed by atoms with Crippen LogP contribution in [0, 0.1) is 0 Å².